The summed E-state index contributed by atoms with van der Waals surface area (Å²) in [6, 6.07) is 5.06. The topological polar surface area (TPSA) is 123 Å². The number of hydrogen-bond acceptors (Lipinski definition) is 8. The summed E-state index contributed by atoms with van der Waals surface area (Å²) in [5.74, 6) is 1.36. The Balaban J connectivity index is 2.19. The van der Waals surface area contributed by atoms with Gasteiger partial charge in [-0.05, 0) is 42.4 Å². The number of benzene rings is 1. The minimum absolute atomic E-state index is 0.262. The summed E-state index contributed by atoms with van der Waals surface area (Å²) in [6.07, 6.45) is 0. The van der Waals surface area contributed by atoms with Crippen LogP contribution in [0.15, 0.2) is 34.5 Å². The van der Waals surface area contributed by atoms with Crippen molar-refractivity contribution in [3.8, 4) is 0 Å². The van der Waals surface area contributed by atoms with Gasteiger partial charge in [-0.25, -0.2) is 4.63 Å². The highest BCUT2D eigenvalue weighted by atomic mass is 35.5. The van der Waals surface area contributed by atoms with Gasteiger partial charge in [-0.1, -0.05) is 23.2 Å². The molecule has 10 heteroatoms. The van der Waals surface area contributed by atoms with Gasteiger partial charge >= 0.3 is 0 Å². The molecule has 1 aromatic carbocycles. The number of hydrogen-bond donors (Lipinski definition) is 3. The Kier molecular flexibility index (Phi) is 3.98. The predicted octanol–water partition coefficient (Wildman–Crippen LogP) is 2.12. The molecule has 3 rings (SSSR count). The van der Waals surface area contributed by atoms with E-state index < -0.39 is 5.54 Å². The molecule has 0 amide bonds. The Labute approximate surface area is 148 Å². The number of aromatic nitrogens is 2. The number of halogens is 2. The number of nitrogens with zero attached hydrogens (tertiary/aromatic N) is 4. The second kappa shape index (κ2) is 5.73. The summed E-state index contributed by atoms with van der Waals surface area (Å²) in [4.78, 5) is 3.31. The molecule has 1 aromatic heterocycles. The van der Waals surface area contributed by atoms with E-state index in [1.807, 2.05) is 13.8 Å². The Hall–Kier alpha value is -2.16. The maximum Gasteiger partial charge on any atom is 0.228 e. The molecule has 6 N–H and O–H groups in total. The molecule has 0 saturated carbocycles. The van der Waals surface area contributed by atoms with E-state index >= 15 is 0 Å². The smallest absolute Gasteiger partial charge is 0.228 e. The van der Waals surface area contributed by atoms with Crippen molar-refractivity contribution in [2.24, 2.45) is 17.2 Å². The molecule has 0 aliphatic carbocycles. The van der Waals surface area contributed by atoms with Crippen molar-refractivity contribution < 1.29 is 4.63 Å². The summed E-state index contributed by atoms with van der Waals surface area (Å²) in [5, 5.41) is 8.73. The quantitative estimate of drug-likeness (QED) is 0.751. The Morgan fingerprint density at radius 1 is 1.08 bits per heavy atom. The van der Waals surface area contributed by atoms with Crippen molar-refractivity contribution >= 4 is 40.5 Å². The molecule has 0 unspecified atom stereocenters. The summed E-state index contributed by atoms with van der Waals surface area (Å²) >= 11 is 12.1. The molecule has 0 radical (unpaired) electrons. The summed E-state index contributed by atoms with van der Waals surface area (Å²) in [7, 11) is 0. The fourth-order valence-electron chi connectivity index (χ4n) is 2.51. The molecule has 0 saturated heterocycles. The monoisotopic (exact) mass is 369 g/mol. The lowest BCUT2D eigenvalue weighted by Crippen LogP contribution is -2.54. The lowest BCUT2D eigenvalue weighted by Gasteiger charge is -2.42. The molecule has 1 aliphatic rings. The van der Waals surface area contributed by atoms with E-state index in [9.17, 15) is 0 Å². The van der Waals surface area contributed by atoms with Gasteiger partial charge in [-0.3, -0.25) is 9.80 Å². The van der Waals surface area contributed by atoms with Crippen molar-refractivity contribution in [2.45, 2.75) is 19.4 Å². The van der Waals surface area contributed by atoms with Crippen LogP contribution in [0.1, 0.15) is 13.8 Å². The van der Waals surface area contributed by atoms with E-state index in [1.54, 1.807) is 28.0 Å². The van der Waals surface area contributed by atoms with Gasteiger partial charge in [0.05, 0.1) is 21.3 Å². The Bertz CT molecular complexity index is 817. The van der Waals surface area contributed by atoms with E-state index in [0.717, 1.165) is 0 Å². The van der Waals surface area contributed by atoms with Gasteiger partial charge in [0.2, 0.25) is 11.6 Å². The minimum Gasteiger partial charge on any atom is -0.382 e. The molecule has 0 fully saturated rings. The zero-order chi connectivity index (χ0) is 17.6. The van der Waals surface area contributed by atoms with Gasteiger partial charge in [0.25, 0.3) is 0 Å². The number of rotatable bonds is 3. The van der Waals surface area contributed by atoms with E-state index in [2.05, 4.69) is 10.3 Å². The molecule has 1 aliphatic heterocycles. The Morgan fingerprint density at radius 2 is 1.75 bits per heavy atom. The molecule has 0 atom stereocenters. The molecule has 0 spiro atoms. The number of nitrogens with two attached hydrogens (primary N) is 3. The van der Waals surface area contributed by atoms with E-state index in [-0.39, 0.29) is 5.82 Å². The molecule has 24 heavy (non-hydrogen) atoms. The number of anilines is 3. The van der Waals surface area contributed by atoms with Crippen LogP contribution < -0.4 is 27.0 Å². The summed E-state index contributed by atoms with van der Waals surface area (Å²) < 4.78 is 4.92. The fraction of sp³-hybridized carbons (Fsp3) is 0.286. The number of fused-ring (bicyclic) bond motifs is 1. The van der Waals surface area contributed by atoms with Crippen molar-refractivity contribution in [2.75, 3.05) is 16.3 Å². The van der Waals surface area contributed by atoms with Crippen molar-refractivity contribution in [1.82, 2.24) is 10.3 Å². The Morgan fingerprint density at radius 3 is 2.38 bits per heavy atom. The molecule has 128 valence electrons. The SMILES string of the molecule is CC(C)(CN)N1C(N)=C(N)N(c2ccc(Cl)c(Cl)c2)c2nonc21. The first kappa shape index (κ1) is 16.7. The lowest BCUT2D eigenvalue weighted by atomic mass is 10.0. The zero-order valence-corrected chi connectivity index (χ0v) is 14.6. The second-order valence-electron chi connectivity index (χ2n) is 5.97. The average Bonchev–Trinajstić information content (AvgIpc) is 2.99. The van der Waals surface area contributed by atoms with Gasteiger partial charge < -0.3 is 17.2 Å². The standard InChI is InChI=1S/C14H17Cl2N7O/c1-14(2,6-17)23-11(19)10(18)22(12-13(23)21-24-20-12)7-3-4-8(15)9(16)5-7/h3-5H,6,17-19H2,1-2H3. The third-order valence-corrected chi connectivity index (χ3v) is 4.63. The first-order valence-electron chi connectivity index (χ1n) is 7.11. The molecule has 2 aromatic rings. The maximum atomic E-state index is 6.27. The maximum absolute atomic E-state index is 6.27. The van der Waals surface area contributed by atoms with E-state index in [1.165, 1.54) is 0 Å². The van der Waals surface area contributed by atoms with Crippen LogP contribution in [0, 0.1) is 0 Å². The molecule has 2 heterocycles. The summed E-state index contributed by atoms with van der Waals surface area (Å²) in [6.45, 7) is 4.15. The average molecular weight is 370 g/mol. The predicted molar refractivity (Wildman–Crippen MR) is 93.9 cm³/mol. The third-order valence-electron chi connectivity index (χ3n) is 3.89. The first-order chi connectivity index (χ1) is 11.3. The largest absolute Gasteiger partial charge is 0.382 e. The van der Waals surface area contributed by atoms with Gasteiger partial charge in [-0.15, -0.1) is 0 Å². The van der Waals surface area contributed by atoms with Crippen LogP contribution in [0.3, 0.4) is 0 Å². The third kappa shape index (κ3) is 2.43. The van der Waals surface area contributed by atoms with Gasteiger partial charge in [-0.2, -0.15) is 0 Å². The fourth-order valence-corrected chi connectivity index (χ4v) is 2.80. The van der Waals surface area contributed by atoms with Crippen LogP contribution in [0.2, 0.25) is 10.0 Å². The van der Waals surface area contributed by atoms with Gasteiger partial charge in [0.1, 0.15) is 5.82 Å². The van der Waals surface area contributed by atoms with Crippen LogP contribution >= 0.6 is 23.2 Å². The van der Waals surface area contributed by atoms with Gasteiger partial charge in [0.15, 0.2) is 5.82 Å². The highest BCUT2D eigenvalue weighted by Gasteiger charge is 2.40. The first-order valence-corrected chi connectivity index (χ1v) is 7.87. The van der Waals surface area contributed by atoms with Crippen LogP contribution in [-0.2, 0) is 0 Å². The zero-order valence-electron chi connectivity index (χ0n) is 13.1. The molecule has 0 bridgehead atoms. The van der Waals surface area contributed by atoms with Crippen molar-refractivity contribution in [3.05, 3.63) is 39.9 Å². The molecule has 8 nitrogen and oxygen atoms in total. The van der Waals surface area contributed by atoms with Crippen LogP contribution in [0.25, 0.3) is 0 Å². The van der Waals surface area contributed by atoms with E-state index in [4.69, 9.17) is 45.0 Å². The van der Waals surface area contributed by atoms with E-state index in [0.29, 0.717) is 39.7 Å². The summed E-state index contributed by atoms with van der Waals surface area (Å²) in [5.41, 5.74) is 18.5. The normalized spacial score (nSPS) is 15.0. The highest BCUT2D eigenvalue weighted by Crippen LogP contribution is 2.42. The lowest BCUT2D eigenvalue weighted by molar-refractivity contribution is 0.307. The van der Waals surface area contributed by atoms with Crippen molar-refractivity contribution in [1.29, 1.82) is 0 Å². The highest BCUT2D eigenvalue weighted by molar-refractivity contribution is 6.42. The molecular formula is C14H17Cl2N7O. The molecular weight excluding hydrogens is 353 g/mol. The van der Waals surface area contributed by atoms with Gasteiger partial charge in [0, 0.05) is 6.54 Å². The van der Waals surface area contributed by atoms with Crippen LogP contribution in [-0.4, -0.2) is 22.4 Å². The van der Waals surface area contributed by atoms with Crippen LogP contribution in [0.4, 0.5) is 17.3 Å². The minimum atomic E-state index is -0.536. The van der Waals surface area contributed by atoms with Crippen LogP contribution in [0.5, 0.6) is 0 Å². The second-order valence-corrected chi connectivity index (χ2v) is 6.78. The van der Waals surface area contributed by atoms with Crippen molar-refractivity contribution in [3.63, 3.8) is 0 Å².